The highest BCUT2D eigenvalue weighted by molar-refractivity contribution is 7.90. The number of nitro groups is 1. The molecule has 0 unspecified atom stereocenters. The predicted molar refractivity (Wildman–Crippen MR) is 64.3 cm³/mol. The van der Waals surface area contributed by atoms with Crippen LogP contribution in [-0.2, 0) is 10.2 Å². The van der Waals surface area contributed by atoms with E-state index in [0.717, 1.165) is 10.4 Å². The van der Waals surface area contributed by atoms with Crippen LogP contribution in [0.15, 0.2) is 18.2 Å². The first-order valence-electron chi connectivity index (χ1n) is 4.38. The fraction of sp³-hybridized carbons (Fsp3) is 0.250. The number of halogens is 1. The van der Waals surface area contributed by atoms with Gasteiger partial charge in [-0.05, 0) is 6.07 Å². The van der Waals surface area contributed by atoms with Crippen LogP contribution < -0.4 is 4.72 Å². The summed E-state index contributed by atoms with van der Waals surface area (Å²) in [7, 11) is -0.980. The van der Waals surface area contributed by atoms with Gasteiger partial charge in [0.05, 0.1) is 15.6 Å². The zero-order valence-electron chi connectivity index (χ0n) is 9.05. The molecular formula is C8H10ClN3O4S. The van der Waals surface area contributed by atoms with Crippen molar-refractivity contribution in [3.63, 3.8) is 0 Å². The standard InChI is InChI=1S/C8H10ClN3O4S/c1-11(2)17(15,16)10-8-4-3-6(12(13)14)5-7(8)9/h3-5,10H,1-2H3. The first-order chi connectivity index (χ1) is 7.74. The van der Waals surface area contributed by atoms with Crippen molar-refractivity contribution in [1.82, 2.24) is 4.31 Å². The molecule has 1 rings (SSSR count). The summed E-state index contributed by atoms with van der Waals surface area (Å²) in [4.78, 5) is 9.84. The summed E-state index contributed by atoms with van der Waals surface area (Å²) in [6, 6.07) is 3.48. The van der Waals surface area contributed by atoms with Gasteiger partial charge in [0.2, 0.25) is 0 Å². The molecule has 0 atom stereocenters. The average Bonchev–Trinajstić information content (AvgIpc) is 2.20. The number of hydrogen-bond acceptors (Lipinski definition) is 4. The maximum atomic E-state index is 11.5. The minimum absolute atomic E-state index is 0.0374. The Morgan fingerprint density at radius 3 is 2.41 bits per heavy atom. The van der Waals surface area contributed by atoms with E-state index in [1.807, 2.05) is 0 Å². The fourth-order valence-corrected chi connectivity index (χ4v) is 1.85. The third-order valence-corrected chi connectivity index (χ3v) is 3.64. The van der Waals surface area contributed by atoms with Crippen molar-refractivity contribution in [2.75, 3.05) is 18.8 Å². The molecule has 1 N–H and O–H groups in total. The van der Waals surface area contributed by atoms with E-state index in [9.17, 15) is 18.5 Å². The normalized spacial score (nSPS) is 11.5. The van der Waals surface area contributed by atoms with Crippen LogP contribution in [0.1, 0.15) is 0 Å². The predicted octanol–water partition coefficient (Wildman–Crippen LogP) is 1.47. The van der Waals surface area contributed by atoms with E-state index in [4.69, 9.17) is 11.6 Å². The van der Waals surface area contributed by atoms with Crippen LogP contribution in [0, 0.1) is 10.1 Å². The van der Waals surface area contributed by atoms with Crippen LogP contribution in [-0.4, -0.2) is 31.7 Å². The molecule has 0 aliphatic heterocycles. The molecule has 1 aromatic carbocycles. The van der Waals surface area contributed by atoms with Gasteiger partial charge < -0.3 is 0 Å². The lowest BCUT2D eigenvalue weighted by Crippen LogP contribution is -2.29. The highest BCUT2D eigenvalue weighted by Crippen LogP contribution is 2.27. The van der Waals surface area contributed by atoms with E-state index in [1.165, 1.54) is 26.2 Å². The van der Waals surface area contributed by atoms with Crippen molar-refractivity contribution in [3.8, 4) is 0 Å². The third kappa shape index (κ3) is 3.29. The van der Waals surface area contributed by atoms with Crippen molar-refractivity contribution in [2.45, 2.75) is 0 Å². The number of benzene rings is 1. The van der Waals surface area contributed by atoms with E-state index in [0.29, 0.717) is 0 Å². The van der Waals surface area contributed by atoms with Crippen LogP contribution >= 0.6 is 11.6 Å². The molecule has 0 amide bonds. The molecule has 0 aliphatic carbocycles. The summed E-state index contributed by atoms with van der Waals surface area (Å²) in [6.45, 7) is 0. The molecule has 17 heavy (non-hydrogen) atoms. The van der Waals surface area contributed by atoms with Crippen molar-refractivity contribution in [1.29, 1.82) is 0 Å². The van der Waals surface area contributed by atoms with Gasteiger partial charge in [0, 0.05) is 26.2 Å². The lowest BCUT2D eigenvalue weighted by molar-refractivity contribution is -0.384. The van der Waals surface area contributed by atoms with Crippen molar-refractivity contribution >= 4 is 33.2 Å². The summed E-state index contributed by atoms with van der Waals surface area (Å²) in [5.74, 6) is 0. The number of hydrogen-bond donors (Lipinski definition) is 1. The fourth-order valence-electron chi connectivity index (χ4n) is 0.931. The molecule has 0 heterocycles. The Morgan fingerprint density at radius 2 is 2.00 bits per heavy atom. The van der Waals surface area contributed by atoms with Gasteiger partial charge in [-0.2, -0.15) is 12.7 Å². The summed E-state index contributed by atoms with van der Waals surface area (Å²) >= 11 is 5.73. The number of nitrogens with zero attached hydrogens (tertiary/aromatic N) is 2. The number of non-ortho nitro benzene ring substituents is 1. The zero-order valence-corrected chi connectivity index (χ0v) is 10.6. The van der Waals surface area contributed by atoms with Crippen molar-refractivity contribution in [3.05, 3.63) is 33.3 Å². The Morgan fingerprint density at radius 1 is 1.41 bits per heavy atom. The van der Waals surface area contributed by atoms with Crippen LogP contribution in [0.3, 0.4) is 0 Å². The summed E-state index contributed by atoms with van der Waals surface area (Å²) in [5.41, 5.74) is -0.117. The highest BCUT2D eigenvalue weighted by Gasteiger charge is 2.16. The first kappa shape index (κ1) is 13.7. The molecule has 0 spiro atoms. The van der Waals surface area contributed by atoms with Crippen LogP contribution in [0.25, 0.3) is 0 Å². The lowest BCUT2D eigenvalue weighted by atomic mass is 10.3. The largest absolute Gasteiger partial charge is 0.301 e. The van der Waals surface area contributed by atoms with Crippen LogP contribution in [0.4, 0.5) is 11.4 Å². The number of nitro benzene ring substituents is 1. The maximum absolute atomic E-state index is 11.5. The van der Waals surface area contributed by atoms with Gasteiger partial charge in [-0.25, -0.2) is 0 Å². The lowest BCUT2D eigenvalue weighted by Gasteiger charge is -2.13. The van der Waals surface area contributed by atoms with E-state index < -0.39 is 15.1 Å². The SMILES string of the molecule is CN(C)S(=O)(=O)Nc1ccc([N+](=O)[O-])cc1Cl. The summed E-state index contributed by atoms with van der Waals surface area (Å²) < 4.78 is 26.1. The third-order valence-electron chi connectivity index (χ3n) is 1.88. The van der Waals surface area contributed by atoms with Gasteiger partial charge >= 0.3 is 10.2 Å². The van der Waals surface area contributed by atoms with E-state index in [1.54, 1.807) is 0 Å². The Kier molecular flexibility index (Phi) is 3.91. The molecule has 0 aliphatic rings. The second-order valence-corrected chi connectivity index (χ2v) is 5.60. The molecular weight excluding hydrogens is 270 g/mol. The number of nitrogens with one attached hydrogen (secondary N) is 1. The Labute approximate surface area is 103 Å². The van der Waals surface area contributed by atoms with Gasteiger partial charge in [0.15, 0.2) is 0 Å². The molecule has 0 saturated heterocycles. The minimum atomic E-state index is -3.68. The first-order valence-corrected chi connectivity index (χ1v) is 6.20. The summed E-state index contributed by atoms with van der Waals surface area (Å²) in [6.07, 6.45) is 0. The smallest absolute Gasteiger partial charge is 0.269 e. The van der Waals surface area contributed by atoms with E-state index in [-0.39, 0.29) is 16.4 Å². The molecule has 7 nitrogen and oxygen atoms in total. The number of rotatable bonds is 4. The topological polar surface area (TPSA) is 92.6 Å². The van der Waals surface area contributed by atoms with Gasteiger partial charge in [0.1, 0.15) is 0 Å². The second kappa shape index (κ2) is 4.86. The second-order valence-electron chi connectivity index (χ2n) is 3.31. The van der Waals surface area contributed by atoms with Crippen molar-refractivity contribution < 1.29 is 13.3 Å². The van der Waals surface area contributed by atoms with E-state index >= 15 is 0 Å². The van der Waals surface area contributed by atoms with Crippen LogP contribution in [0.2, 0.25) is 5.02 Å². The Bertz CT molecular complexity index is 544. The van der Waals surface area contributed by atoms with Gasteiger partial charge in [-0.3, -0.25) is 14.8 Å². The Hall–Kier alpha value is -1.38. The number of anilines is 1. The zero-order chi connectivity index (χ0) is 13.2. The average molecular weight is 280 g/mol. The Balaban J connectivity index is 3.06. The quantitative estimate of drug-likeness (QED) is 0.667. The van der Waals surface area contributed by atoms with Crippen molar-refractivity contribution in [2.24, 2.45) is 0 Å². The minimum Gasteiger partial charge on any atom is -0.269 e. The van der Waals surface area contributed by atoms with Gasteiger partial charge in [0.25, 0.3) is 5.69 Å². The van der Waals surface area contributed by atoms with Crippen LogP contribution in [0.5, 0.6) is 0 Å². The molecule has 0 fully saturated rings. The molecule has 0 radical (unpaired) electrons. The molecule has 0 aromatic heterocycles. The van der Waals surface area contributed by atoms with E-state index in [2.05, 4.69) is 4.72 Å². The molecule has 94 valence electrons. The molecule has 1 aromatic rings. The molecule has 0 saturated carbocycles. The van der Waals surface area contributed by atoms with Gasteiger partial charge in [-0.1, -0.05) is 11.6 Å². The van der Waals surface area contributed by atoms with Gasteiger partial charge in [-0.15, -0.1) is 0 Å². The maximum Gasteiger partial charge on any atom is 0.301 e. The molecule has 0 bridgehead atoms. The summed E-state index contributed by atoms with van der Waals surface area (Å²) in [5, 5.41) is 10.4. The monoisotopic (exact) mass is 279 g/mol. The molecule has 9 heteroatoms. The highest BCUT2D eigenvalue weighted by atomic mass is 35.5.